The van der Waals surface area contributed by atoms with Crippen molar-refractivity contribution in [1.82, 2.24) is 10.2 Å². The zero-order chi connectivity index (χ0) is 16.4. The van der Waals surface area contributed by atoms with Crippen LogP contribution in [0.3, 0.4) is 0 Å². The van der Waals surface area contributed by atoms with Gasteiger partial charge >= 0.3 is 6.61 Å². The number of halogens is 3. The molecule has 0 bridgehead atoms. The van der Waals surface area contributed by atoms with E-state index < -0.39 is 6.61 Å². The molecule has 128 valence electrons. The van der Waals surface area contributed by atoms with Gasteiger partial charge in [-0.2, -0.15) is 8.78 Å². The molecule has 2 heterocycles. The van der Waals surface area contributed by atoms with E-state index in [-0.39, 0.29) is 5.75 Å². The lowest BCUT2D eigenvalue weighted by molar-refractivity contribution is -0.0517. The number of benzene rings is 1. The molecule has 23 heavy (non-hydrogen) atoms. The van der Waals surface area contributed by atoms with Gasteiger partial charge in [-0.3, -0.25) is 4.90 Å². The largest absolute Gasteiger partial charge is 0.493 e. The van der Waals surface area contributed by atoms with E-state index in [4.69, 9.17) is 4.74 Å². The summed E-state index contributed by atoms with van der Waals surface area (Å²) in [5.74, 6) is 0.371. The quantitative estimate of drug-likeness (QED) is 0.836. The second kappa shape index (κ2) is 6.91. The summed E-state index contributed by atoms with van der Waals surface area (Å²) in [5.41, 5.74) is 1.44. The Balaban J connectivity index is 1.72. The zero-order valence-corrected chi connectivity index (χ0v) is 14.7. The van der Waals surface area contributed by atoms with Crippen LogP contribution in [0.5, 0.6) is 11.5 Å². The minimum Gasteiger partial charge on any atom is -0.493 e. The van der Waals surface area contributed by atoms with E-state index >= 15 is 0 Å². The number of likely N-dealkylation sites (tertiary alicyclic amines) is 1. The van der Waals surface area contributed by atoms with Crippen LogP contribution in [0.1, 0.15) is 18.4 Å². The molecule has 1 aromatic rings. The van der Waals surface area contributed by atoms with Crippen molar-refractivity contribution in [3.63, 3.8) is 0 Å². The molecule has 1 atom stereocenters. The molecule has 0 radical (unpaired) electrons. The molecular weight excluding hydrogens is 370 g/mol. The zero-order valence-electron chi connectivity index (χ0n) is 13.1. The number of ether oxygens (including phenoxy) is 2. The molecule has 1 aromatic carbocycles. The van der Waals surface area contributed by atoms with Crippen molar-refractivity contribution < 1.29 is 18.3 Å². The van der Waals surface area contributed by atoms with Crippen LogP contribution in [0.4, 0.5) is 8.78 Å². The highest BCUT2D eigenvalue weighted by Gasteiger charge is 2.40. The van der Waals surface area contributed by atoms with Crippen LogP contribution in [0, 0.1) is 5.41 Å². The van der Waals surface area contributed by atoms with Gasteiger partial charge in [0.15, 0.2) is 11.5 Å². The fraction of sp³-hybridized carbons (Fsp3) is 0.625. The molecule has 0 aromatic heterocycles. The smallest absolute Gasteiger partial charge is 0.387 e. The highest BCUT2D eigenvalue weighted by molar-refractivity contribution is 9.10. The summed E-state index contributed by atoms with van der Waals surface area (Å²) in [6, 6.07) is 3.61. The van der Waals surface area contributed by atoms with Crippen molar-refractivity contribution in [1.29, 1.82) is 0 Å². The summed E-state index contributed by atoms with van der Waals surface area (Å²) < 4.78 is 35.2. The second-order valence-electron chi connectivity index (χ2n) is 6.37. The molecule has 1 spiro atoms. The maximum absolute atomic E-state index is 12.5. The molecule has 0 amide bonds. The average molecular weight is 391 g/mol. The predicted octanol–water partition coefficient (Wildman–Crippen LogP) is 3.24. The highest BCUT2D eigenvalue weighted by Crippen LogP contribution is 2.40. The molecular formula is C16H21BrF2N2O2. The SMILES string of the molecule is COc1cc(CN2CCC3(CCNC3)C2)cc(Br)c1OC(F)F. The van der Waals surface area contributed by atoms with Gasteiger partial charge in [0.25, 0.3) is 0 Å². The van der Waals surface area contributed by atoms with Crippen LogP contribution in [0.15, 0.2) is 16.6 Å². The summed E-state index contributed by atoms with van der Waals surface area (Å²) in [6.45, 7) is 2.25. The van der Waals surface area contributed by atoms with Gasteiger partial charge in [-0.1, -0.05) is 0 Å². The standard InChI is InChI=1S/C16H21BrF2N2O2/c1-22-13-7-11(6-12(17)14(13)23-15(18)19)8-21-5-3-16(10-21)2-4-20-9-16/h6-7,15,20H,2-5,8-10H2,1H3. The van der Waals surface area contributed by atoms with Crippen LogP contribution in [-0.4, -0.2) is 44.8 Å². The maximum atomic E-state index is 12.5. The van der Waals surface area contributed by atoms with E-state index in [1.165, 1.54) is 20.0 Å². The highest BCUT2D eigenvalue weighted by atomic mass is 79.9. The number of nitrogens with zero attached hydrogens (tertiary/aromatic N) is 1. The Bertz CT molecular complexity index is 565. The Morgan fingerprint density at radius 3 is 2.87 bits per heavy atom. The Kier molecular flexibility index (Phi) is 5.08. The fourth-order valence-electron chi connectivity index (χ4n) is 3.63. The lowest BCUT2D eigenvalue weighted by Gasteiger charge is -2.23. The van der Waals surface area contributed by atoms with Crippen LogP contribution in [0.25, 0.3) is 0 Å². The van der Waals surface area contributed by atoms with Gasteiger partial charge in [0.2, 0.25) is 0 Å². The van der Waals surface area contributed by atoms with Crippen molar-refractivity contribution in [3.8, 4) is 11.5 Å². The summed E-state index contributed by atoms with van der Waals surface area (Å²) in [5, 5.41) is 3.45. The number of hydrogen-bond acceptors (Lipinski definition) is 4. The number of nitrogens with one attached hydrogen (secondary N) is 1. The summed E-state index contributed by atoms with van der Waals surface area (Å²) in [6.07, 6.45) is 2.45. The summed E-state index contributed by atoms with van der Waals surface area (Å²) in [4.78, 5) is 2.42. The summed E-state index contributed by atoms with van der Waals surface area (Å²) in [7, 11) is 1.46. The molecule has 2 aliphatic rings. The minimum atomic E-state index is -2.88. The molecule has 0 saturated carbocycles. The molecule has 0 aliphatic carbocycles. The predicted molar refractivity (Wildman–Crippen MR) is 87.1 cm³/mol. The fourth-order valence-corrected chi connectivity index (χ4v) is 4.22. The lowest BCUT2D eigenvalue weighted by Crippen LogP contribution is -2.28. The van der Waals surface area contributed by atoms with Gasteiger partial charge in [0, 0.05) is 19.6 Å². The van der Waals surface area contributed by atoms with E-state index in [2.05, 4.69) is 30.9 Å². The Labute approximate surface area is 143 Å². The first-order valence-electron chi connectivity index (χ1n) is 7.76. The Morgan fingerprint density at radius 2 is 2.22 bits per heavy atom. The first-order valence-corrected chi connectivity index (χ1v) is 8.55. The van der Waals surface area contributed by atoms with Gasteiger partial charge < -0.3 is 14.8 Å². The number of hydrogen-bond donors (Lipinski definition) is 1. The number of methoxy groups -OCH3 is 1. The average Bonchev–Trinajstić information content (AvgIpc) is 3.12. The van der Waals surface area contributed by atoms with Gasteiger partial charge in [0.05, 0.1) is 11.6 Å². The monoisotopic (exact) mass is 390 g/mol. The van der Waals surface area contributed by atoms with Gasteiger partial charge in [0.1, 0.15) is 0 Å². The third-order valence-corrected chi connectivity index (χ3v) is 5.34. The Hall–Kier alpha value is -0.920. The van der Waals surface area contributed by atoms with E-state index in [0.717, 1.165) is 38.3 Å². The van der Waals surface area contributed by atoms with Crippen molar-refractivity contribution in [3.05, 3.63) is 22.2 Å². The number of alkyl halides is 2. The summed E-state index contributed by atoms with van der Waals surface area (Å²) >= 11 is 3.31. The minimum absolute atomic E-state index is 0.0455. The topological polar surface area (TPSA) is 33.7 Å². The third kappa shape index (κ3) is 3.78. The second-order valence-corrected chi connectivity index (χ2v) is 7.23. The lowest BCUT2D eigenvalue weighted by atomic mass is 9.86. The molecule has 1 unspecified atom stereocenters. The van der Waals surface area contributed by atoms with Crippen LogP contribution >= 0.6 is 15.9 Å². The molecule has 4 nitrogen and oxygen atoms in total. The third-order valence-electron chi connectivity index (χ3n) is 4.75. The van der Waals surface area contributed by atoms with Gasteiger partial charge in [-0.15, -0.1) is 0 Å². The van der Waals surface area contributed by atoms with Crippen LogP contribution in [-0.2, 0) is 6.54 Å². The number of rotatable bonds is 5. The Morgan fingerprint density at radius 1 is 1.39 bits per heavy atom. The molecule has 1 N–H and O–H groups in total. The maximum Gasteiger partial charge on any atom is 0.387 e. The molecule has 3 rings (SSSR count). The first-order chi connectivity index (χ1) is 11.0. The van der Waals surface area contributed by atoms with Gasteiger partial charge in [-0.05, 0) is 65.0 Å². The van der Waals surface area contributed by atoms with Crippen molar-refractivity contribution in [2.24, 2.45) is 5.41 Å². The van der Waals surface area contributed by atoms with E-state index in [0.29, 0.717) is 15.6 Å². The molecule has 7 heteroatoms. The van der Waals surface area contributed by atoms with Crippen molar-refractivity contribution in [2.45, 2.75) is 26.0 Å². The first kappa shape index (κ1) is 16.9. The van der Waals surface area contributed by atoms with E-state index in [9.17, 15) is 8.78 Å². The van der Waals surface area contributed by atoms with E-state index in [1.807, 2.05) is 6.07 Å². The van der Waals surface area contributed by atoms with Crippen molar-refractivity contribution >= 4 is 15.9 Å². The normalized spacial score (nSPS) is 24.7. The molecule has 2 aliphatic heterocycles. The van der Waals surface area contributed by atoms with Gasteiger partial charge in [-0.25, -0.2) is 0 Å². The van der Waals surface area contributed by atoms with Crippen LogP contribution < -0.4 is 14.8 Å². The molecule has 2 saturated heterocycles. The van der Waals surface area contributed by atoms with Crippen LogP contribution in [0.2, 0.25) is 0 Å². The van der Waals surface area contributed by atoms with Crippen molar-refractivity contribution in [2.75, 3.05) is 33.3 Å². The van der Waals surface area contributed by atoms with E-state index in [1.54, 1.807) is 6.07 Å². The molecule has 2 fully saturated rings.